The summed E-state index contributed by atoms with van der Waals surface area (Å²) in [5, 5.41) is 8.01. The second-order valence-electron chi connectivity index (χ2n) is 6.23. The van der Waals surface area contributed by atoms with Crippen LogP contribution in [0.4, 0.5) is 13.2 Å². The highest BCUT2D eigenvalue weighted by atomic mass is 19.4. The minimum Gasteiger partial charge on any atom is -0.416 e. The van der Waals surface area contributed by atoms with Crippen molar-refractivity contribution in [3.05, 3.63) is 78.0 Å². The molecule has 0 bridgehead atoms. The van der Waals surface area contributed by atoms with Crippen molar-refractivity contribution in [2.75, 3.05) is 0 Å². The fourth-order valence-electron chi connectivity index (χ4n) is 2.81. The summed E-state index contributed by atoms with van der Waals surface area (Å²) in [7, 11) is 0. The van der Waals surface area contributed by atoms with Crippen LogP contribution in [0.1, 0.15) is 11.1 Å². The van der Waals surface area contributed by atoms with Gasteiger partial charge in [0.1, 0.15) is 0 Å². The van der Waals surface area contributed by atoms with Crippen LogP contribution in [0, 0.1) is 6.92 Å². The molecule has 4 aromatic rings. The van der Waals surface area contributed by atoms with Crippen molar-refractivity contribution < 1.29 is 17.6 Å². The molecule has 0 saturated heterocycles. The van der Waals surface area contributed by atoms with Gasteiger partial charge in [0.05, 0.1) is 11.3 Å². The Balaban J connectivity index is 1.66. The monoisotopic (exact) mass is 381 g/mol. The number of rotatable bonds is 3. The zero-order valence-electron chi connectivity index (χ0n) is 14.7. The number of nitrogens with zero attached hydrogens (tertiary/aromatic N) is 3. The Morgan fingerprint density at radius 3 is 2.14 bits per heavy atom. The normalized spacial score (nSPS) is 11.6. The summed E-state index contributed by atoms with van der Waals surface area (Å²) in [4.78, 5) is 4.37. The van der Waals surface area contributed by atoms with Gasteiger partial charge in [0.15, 0.2) is 0 Å². The molecule has 0 amide bonds. The number of aromatic nitrogens is 3. The molecule has 28 heavy (non-hydrogen) atoms. The molecule has 0 radical (unpaired) electrons. The van der Waals surface area contributed by atoms with Crippen molar-refractivity contribution in [2.45, 2.75) is 13.1 Å². The van der Waals surface area contributed by atoms with E-state index in [1.165, 1.54) is 12.1 Å². The molecule has 0 unspecified atom stereocenters. The molecular formula is C21H14F3N3O. The summed E-state index contributed by atoms with van der Waals surface area (Å²) in [6, 6.07) is 16.0. The maximum atomic E-state index is 12.7. The lowest BCUT2D eigenvalue weighted by atomic mass is 10.0. The number of halogens is 3. The molecule has 140 valence electrons. The molecule has 0 saturated carbocycles. The Labute approximate surface area is 158 Å². The van der Waals surface area contributed by atoms with Crippen LogP contribution < -0.4 is 0 Å². The van der Waals surface area contributed by atoms with Crippen LogP contribution in [-0.2, 0) is 6.18 Å². The van der Waals surface area contributed by atoms with Gasteiger partial charge in [0.2, 0.25) is 11.8 Å². The summed E-state index contributed by atoms with van der Waals surface area (Å²) >= 11 is 0. The summed E-state index contributed by atoms with van der Waals surface area (Å²) in [5.41, 5.74) is 3.21. The Morgan fingerprint density at radius 2 is 1.50 bits per heavy atom. The lowest BCUT2D eigenvalue weighted by Crippen LogP contribution is -2.03. The highest BCUT2D eigenvalue weighted by Gasteiger charge is 2.30. The Morgan fingerprint density at radius 1 is 0.821 bits per heavy atom. The van der Waals surface area contributed by atoms with Gasteiger partial charge in [-0.15, -0.1) is 10.2 Å². The molecule has 2 aromatic carbocycles. The number of hydrogen-bond donors (Lipinski definition) is 0. The number of alkyl halides is 3. The second-order valence-corrected chi connectivity index (χ2v) is 6.23. The summed E-state index contributed by atoms with van der Waals surface area (Å²) in [6.07, 6.45) is -2.67. The minimum absolute atomic E-state index is 0.156. The van der Waals surface area contributed by atoms with Gasteiger partial charge in [0, 0.05) is 22.9 Å². The molecule has 0 fully saturated rings. The van der Waals surface area contributed by atoms with Crippen molar-refractivity contribution in [3.8, 4) is 34.2 Å². The Bertz CT molecular complexity index is 1100. The number of pyridine rings is 1. The van der Waals surface area contributed by atoms with Crippen LogP contribution in [0.3, 0.4) is 0 Å². The summed E-state index contributed by atoms with van der Waals surface area (Å²) in [6.45, 7) is 1.98. The van der Waals surface area contributed by atoms with Crippen molar-refractivity contribution in [1.82, 2.24) is 15.2 Å². The molecule has 0 spiro atoms. The third-order valence-electron chi connectivity index (χ3n) is 4.31. The van der Waals surface area contributed by atoms with E-state index in [9.17, 15) is 13.2 Å². The zero-order chi connectivity index (χ0) is 19.7. The average molecular weight is 381 g/mol. The minimum atomic E-state index is -4.39. The quantitative estimate of drug-likeness (QED) is 0.450. The molecule has 4 nitrogen and oxygen atoms in total. The molecule has 2 heterocycles. The second kappa shape index (κ2) is 6.92. The highest BCUT2D eigenvalue weighted by Crippen LogP contribution is 2.32. The Hall–Kier alpha value is -3.48. The maximum absolute atomic E-state index is 12.7. The van der Waals surface area contributed by atoms with E-state index in [4.69, 9.17) is 4.42 Å². The smallest absolute Gasteiger partial charge is 0.416 e. The molecule has 0 aliphatic rings. The van der Waals surface area contributed by atoms with Gasteiger partial charge in [-0.05, 0) is 61.0 Å². The molecular weight excluding hydrogens is 367 g/mol. The largest absolute Gasteiger partial charge is 0.416 e. The van der Waals surface area contributed by atoms with E-state index in [1.807, 2.05) is 43.3 Å². The predicted octanol–water partition coefficient (Wildman–Crippen LogP) is 5.79. The lowest BCUT2D eigenvalue weighted by molar-refractivity contribution is -0.137. The van der Waals surface area contributed by atoms with Crippen LogP contribution in [0.5, 0.6) is 0 Å². The van der Waals surface area contributed by atoms with Gasteiger partial charge in [-0.25, -0.2) is 0 Å². The molecule has 0 N–H and O–H groups in total. The van der Waals surface area contributed by atoms with E-state index in [-0.39, 0.29) is 11.8 Å². The van der Waals surface area contributed by atoms with Crippen molar-refractivity contribution >= 4 is 0 Å². The first-order valence-electron chi connectivity index (χ1n) is 8.45. The molecule has 7 heteroatoms. The van der Waals surface area contributed by atoms with E-state index in [1.54, 1.807) is 6.20 Å². The van der Waals surface area contributed by atoms with Crippen molar-refractivity contribution in [3.63, 3.8) is 0 Å². The van der Waals surface area contributed by atoms with Crippen molar-refractivity contribution in [1.29, 1.82) is 0 Å². The standard InChI is InChI=1S/C21H14F3N3O/c1-13-5-6-15(12-17(13)18-4-2-3-11-25-18)20-27-26-19(28-20)14-7-9-16(10-8-14)21(22,23)24/h2-12H,1H3. The third kappa shape index (κ3) is 3.51. The Kier molecular flexibility index (Phi) is 4.43. The fourth-order valence-corrected chi connectivity index (χ4v) is 2.81. The predicted molar refractivity (Wildman–Crippen MR) is 98.1 cm³/mol. The van der Waals surface area contributed by atoms with Crippen LogP contribution in [0.2, 0.25) is 0 Å². The van der Waals surface area contributed by atoms with Crippen LogP contribution in [-0.4, -0.2) is 15.2 Å². The summed E-state index contributed by atoms with van der Waals surface area (Å²) in [5.74, 6) is 0.441. The first-order chi connectivity index (χ1) is 13.4. The van der Waals surface area contributed by atoms with Gasteiger partial charge < -0.3 is 4.42 Å². The van der Waals surface area contributed by atoms with Crippen LogP contribution in [0.25, 0.3) is 34.2 Å². The van der Waals surface area contributed by atoms with Gasteiger partial charge in [-0.1, -0.05) is 12.1 Å². The van der Waals surface area contributed by atoms with E-state index < -0.39 is 11.7 Å². The van der Waals surface area contributed by atoms with E-state index in [0.717, 1.165) is 29.0 Å². The molecule has 0 atom stereocenters. The van der Waals surface area contributed by atoms with E-state index in [2.05, 4.69) is 15.2 Å². The van der Waals surface area contributed by atoms with Gasteiger partial charge in [-0.2, -0.15) is 13.2 Å². The fraction of sp³-hybridized carbons (Fsp3) is 0.0952. The van der Waals surface area contributed by atoms with Crippen LogP contribution in [0.15, 0.2) is 71.3 Å². The van der Waals surface area contributed by atoms with Crippen molar-refractivity contribution in [2.24, 2.45) is 0 Å². The third-order valence-corrected chi connectivity index (χ3v) is 4.31. The summed E-state index contributed by atoms with van der Waals surface area (Å²) < 4.78 is 43.8. The molecule has 2 aromatic heterocycles. The number of aryl methyl sites for hydroxylation is 1. The SMILES string of the molecule is Cc1ccc(-c2nnc(-c3ccc(C(F)(F)F)cc3)o2)cc1-c1ccccn1. The first kappa shape index (κ1) is 17.9. The maximum Gasteiger partial charge on any atom is 0.416 e. The van der Waals surface area contributed by atoms with Gasteiger partial charge in [0.25, 0.3) is 0 Å². The number of hydrogen-bond acceptors (Lipinski definition) is 4. The molecule has 0 aliphatic heterocycles. The topological polar surface area (TPSA) is 51.8 Å². The van der Waals surface area contributed by atoms with Gasteiger partial charge in [-0.3, -0.25) is 4.98 Å². The average Bonchev–Trinajstić information content (AvgIpc) is 3.19. The first-order valence-corrected chi connectivity index (χ1v) is 8.45. The van der Waals surface area contributed by atoms with E-state index >= 15 is 0 Å². The zero-order valence-corrected chi connectivity index (χ0v) is 14.7. The van der Waals surface area contributed by atoms with Crippen LogP contribution >= 0.6 is 0 Å². The lowest BCUT2D eigenvalue weighted by Gasteiger charge is -2.06. The highest BCUT2D eigenvalue weighted by molar-refractivity contribution is 5.70. The molecule has 4 rings (SSSR count). The van der Waals surface area contributed by atoms with E-state index in [0.29, 0.717) is 11.1 Å². The molecule has 0 aliphatic carbocycles. The number of benzene rings is 2. The van der Waals surface area contributed by atoms with Gasteiger partial charge >= 0.3 is 6.18 Å².